The molecule has 0 bridgehead atoms. The monoisotopic (exact) mass is 730 g/mol. The van der Waals surface area contributed by atoms with Crippen molar-refractivity contribution in [3.63, 3.8) is 0 Å². The minimum atomic E-state index is 0. The van der Waals surface area contributed by atoms with Crippen molar-refractivity contribution in [3.05, 3.63) is 109 Å². The summed E-state index contributed by atoms with van der Waals surface area (Å²) in [5.74, 6) is 1.32. The Hall–Kier alpha value is -2.65. The molecule has 1 saturated heterocycles. The van der Waals surface area contributed by atoms with E-state index in [4.69, 9.17) is 14.8 Å². The van der Waals surface area contributed by atoms with Gasteiger partial charge in [-0.2, -0.15) is 29.4 Å². The molecule has 3 aromatic rings. The predicted octanol–water partition coefficient (Wildman–Crippen LogP) is 6.60. The maximum atomic E-state index is 5.63. The molecule has 0 N–H and O–H groups in total. The van der Waals surface area contributed by atoms with Gasteiger partial charge >= 0.3 is 31.1 Å². The molecule has 0 unspecified atom stereocenters. The minimum Gasteiger partial charge on any atom is -0.378 e. The number of anilines is 1. The molecule has 2 aliphatic rings. The Morgan fingerprint density at radius 1 is 1.16 bits per heavy atom. The standard InChI is InChI=1S/C31H33N4O.CH3.U/c1-5-24(10-6-8-22(2)3)26-19-27-29(20-26)32-31(21-30(27)34-14-16-36-17-15-34)35-13-12-28(33-35)25-11-7-9-23(4)18-25;;/h6-13,18,20-22H,1,14-17,19H2,2-4H3;1H3;/q2*-1;+2/b8-6-,24-10+;;. The van der Waals surface area contributed by atoms with Crippen LogP contribution in [0, 0.1) is 57.5 Å². The predicted molar refractivity (Wildman–Crippen MR) is 154 cm³/mol. The van der Waals surface area contributed by atoms with Crippen LogP contribution in [-0.4, -0.2) is 41.1 Å². The summed E-state index contributed by atoms with van der Waals surface area (Å²) < 4.78 is 7.52. The third kappa shape index (κ3) is 6.67. The summed E-state index contributed by atoms with van der Waals surface area (Å²) in [6.45, 7) is 13.6. The number of ether oxygens (including phenoxy) is 1. The quantitative estimate of drug-likeness (QED) is 0.203. The van der Waals surface area contributed by atoms with Crippen LogP contribution in [0.3, 0.4) is 0 Å². The first-order valence-electron chi connectivity index (χ1n) is 12.6. The molecular formula is C32H36N4OU. The van der Waals surface area contributed by atoms with Crippen LogP contribution < -0.4 is 4.90 Å². The smallest absolute Gasteiger partial charge is 0.378 e. The number of hydrogen-bond donors (Lipinski definition) is 0. The fourth-order valence-electron chi connectivity index (χ4n) is 4.71. The average Bonchev–Trinajstić information content (AvgIpc) is 3.54. The molecule has 194 valence electrons. The van der Waals surface area contributed by atoms with Crippen molar-refractivity contribution in [2.75, 3.05) is 31.2 Å². The van der Waals surface area contributed by atoms with Gasteiger partial charge in [-0.25, -0.2) is 9.67 Å². The van der Waals surface area contributed by atoms with Gasteiger partial charge in [0.25, 0.3) is 0 Å². The van der Waals surface area contributed by atoms with Gasteiger partial charge in [-0.1, -0.05) is 49.8 Å². The number of hydrogen-bond acceptors (Lipinski definition) is 4. The Balaban J connectivity index is 0.00000200. The summed E-state index contributed by atoms with van der Waals surface area (Å²) in [6, 6.07) is 12.6. The van der Waals surface area contributed by atoms with Crippen molar-refractivity contribution in [1.82, 2.24) is 14.8 Å². The van der Waals surface area contributed by atoms with Gasteiger partial charge in [-0.15, -0.1) is 11.6 Å². The molecule has 0 radical (unpaired) electrons. The first-order valence-corrected chi connectivity index (χ1v) is 12.6. The van der Waals surface area contributed by atoms with E-state index < -0.39 is 0 Å². The van der Waals surface area contributed by atoms with Crippen molar-refractivity contribution < 1.29 is 35.9 Å². The van der Waals surface area contributed by atoms with Gasteiger partial charge in [-0.3, -0.25) is 0 Å². The number of aromatic nitrogens is 3. The van der Waals surface area contributed by atoms with E-state index in [2.05, 4.69) is 93.0 Å². The molecule has 1 aliphatic carbocycles. The molecule has 0 amide bonds. The first-order chi connectivity index (χ1) is 17.5. The zero-order valence-corrected chi connectivity index (χ0v) is 27.0. The molecule has 0 atom stereocenters. The van der Waals surface area contributed by atoms with Gasteiger partial charge in [0.05, 0.1) is 24.6 Å². The third-order valence-corrected chi connectivity index (χ3v) is 6.58. The maximum Gasteiger partial charge on any atom is 2.00 e. The normalized spacial score (nSPS) is 15.2. The van der Waals surface area contributed by atoms with Crippen molar-refractivity contribution in [1.29, 1.82) is 0 Å². The number of pyridine rings is 1. The minimum absolute atomic E-state index is 0. The van der Waals surface area contributed by atoms with Crippen LogP contribution in [-0.2, 0) is 11.2 Å². The first kappa shape index (κ1) is 29.9. The molecule has 5 rings (SSSR count). The van der Waals surface area contributed by atoms with Crippen LogP contribution in [0.1, 0.15) is 30.7 Å². The molecule has 0 spiro atoms. The van der Waals surface area contributed by atoms with Crippen LogP contribution >= 0.6 is 0 Å². The van der Waals surface area contributed by atoms with Gasteiger partial charge in [0.1, 0.15) is 0 Å². The number of rotatable bonds is 7. The summed E-state index contributed by atoms with van der Waals surface area (Å²) in [7, 11) is 0. The van der Waals surface area contributed by atoms with Crippen molar-refractivity contribution in [2.24, 2.45) is 5.92 Å². The SMILES string of the molecule is C=[C-]/C(=C\C=C/C(C)C)C1=Cc2nc(-n3ccc(-c4cccc(C)c4)n3)cc(N3CCOCC3)c2C1.[CH3-].[U+2]. The summed E-state index contributed by atoms with van der Waals surface area (Å²) in [5.41, 5.74) is 8.91. The number of benzene rings is 1. The van der Waals surface area contributed by atoms with E-state index in [1.54, 1.807) is 0 Å². The summed E-state index contributed by atoms with van der Waals surface area (Å²) in [4.78, 5) is 7.46. The van der Waals surface area contributed by atoms with Crippen LogP contribution in [0.25, 0.3) is 23.2 Å². The zero-order chi connectivity index (χ0) is 25.1. The number of fused-ring (bicyclic) bond motifs is 1. The molecule has 38 heavy (non-hydrogen) atoms. The van der Waals surface area contributed by atoms with E-state index in [0.717, 1.165) is 61.1 Å². The Kier molecular flexibility index (Phi) is 10.6. The number of nitrogens with zero attached hydrogens (tertiary/aromatic N) is 4. The summed E-state index contributed by atoms with van der Waals surface area (Å²) >= 11 is 0. The van der Waals surface area contributed by atoms with Crippen LogP contribution in [0.2, 0.25) is 0 Å². The Morgan fingerprint density at radius 3 is 2.66 bits per heavy atom. The van der Waals surface area contributed by atoms with Gasteiger partial charge in [0.15, 0.2) is 5.82 Å². The van der Waals surface area contributed by atoms with E-state index in [0.29, 0.717) is 5.92 Å². The topological polar surface area (TPSA) is 43.2 Å². The van der Waals surface area contributed by atoms with Gasteiger partial charge < -0.3 is 17.1 Å². The average molecular weight is 731 g/mol. The van der Waals surface area contributed by atoms with E-state index >= 15 is 0 Å². The van der Waals surface area contributed by atoms with Gasteiger partial charge in [0.2, 0.25) is 0 Å². The second-order valence-electron chi connectivity index (χ2n) is 9.71. The zero-order valence-electron chi connectivity index (χ0n) is 22.9. The Bertz CT molecular complexity index is 1360. The molecule has 1 aromatic carbocycles. The third-order valence-electron chi connectivity index (χ3n) is 6.58. The second kappa shape index (κ2) is 13.4. The van der Waals surface area contributed by atoms with Crippen LogP contribution in [0.5, 0.6) is 0 Å². The van der Waals surface area contributed by atoms with Crippen LogP contribution in [0.15, 0.2) is 78.5 Å². The molecule has 2 aromatic heterocycles. The molecular weight excluding hydrogens is 694 g/mol. The van der Waals surface area contributed by atoms with Crippen molar-refractivity contribution >= 4 is 11.8 Å². The van der Waals surface area contributed by atoms with Crippen LogP contribution in [0.4, 0.5) is 5.69 Å². The van der Waals surface area contributed by atoms with Crippen molar-refractivity contribution in [2.45, 2.75) is 27.2 Å². The largest absolute Gasteiger partial charge is 2.00 e. The second-order valence-corrected chi connectivity index (χ2v) is 9.71. The fraction of sp³-hybridized carbons (Fsp3) is 0.281. The molecule has 1 aliphatic heterocycles. The molecule has 0 saturated carbocycles. The van der Waals surface area contributed by atoms with Gasteiger partial charge in [0, 0.05) is 36.6 Å². The molecule has 6 heteroatoms. The fourth-order valence-corrected chi connectivity index (χ4v) is 4.71. The van der Waals surface area contributed by atoms with E-state index in [-0.39, 0.29) is 38.5 Å². The molecule has 3 heterocycles. The van der Waals surface area contributed by atoms with Crippen molar-refractivity contribution in [3.8, 4) is 17.1 Å². The Labute approximate surface area is 251 Å². The molecule has 1 fully saturated rings. The summed E-state index contributed by atoms with van der Waals surface area (Å²) in [6.07, 6.45) is 14.5. The summed E-state index contributed by atoms with van der Waals surface area (Å²) in [5, 5.41) is 4.88. The van der Waals surface area contributed by atoms with Gasteiger partial charge in [-0.05, 0) is 37.0 Å². The Morgan fingerprint density at radius 2 is 1.95 bits per heavy atom. The number of morpholine rings is 1. The molecule has 5 nitrogen and oxygen atoms in total. The number of aryl methyl sites for hydroxylation is 1. The number of allylic oxidation sites excluding steroid dienone is 6. The van der Waals surface area contributed by atoms with E-state index in [9.17, 15) is 0 Å². The maximum absolute atomic E-state index is 5.63. The van der Waals surface area contributed by atoms with E-state index in [1.807, 2.05) is 16.9 Å². The van der Waals surface area contributed by atoms with E-state index in [1.165, 1.54) is 22.4 Å².